The molecule has 6 heteroatoms. The standard InChI is InChI=1S/C14H29N3OS.HI/c1-5-18-10-7-6-8-16-13(15-4)17-9-11-19-14(2,3)12-17;/h5-12H2,1-4H3,(H,15,16);1H. The fourth-order valence-electron chi connectivity index (χ4n) is 2.20. The van der Waals surface area contributed by atoms with Crippen LogP contribution in [0.5, 0.6) is 0 Å². The zero-order valence-electron chi connectivity index (χ0n) is 13.3. The van der Waals surface area contributed by atoms with Gasteiger partial charge in [-0.1, -0.05) is 0 Å². The van der Waals surface area contributed by atoms with Gasteiger partial charge in [0.25, 0.3) is 0 Å². The Labute approximate surface area is 145 Å². The molecule has 0 radical (unpaired) electrons. The van der Waals surface area contributed by atoms with Crippen LogP contribution in [-0.2, 0) is 4.74 Å². The smallest absolute Gasteiger partial charge is 0.193 e. The summed E-state index contributed by atoms with van der Waals surface area (Å²) in [5.74, 6) is 2.22. The van der Waals surface area contributed by atoms with Crippen LogP contribution in [0.1, 0.15) is 33.6 Å². The van der Waals surface area contributed by atoms with Crippen LogP contribution < -0.4 is 5.32 Å². The van der Waals surface area contributed by atoms with Gasteiger partial charge in [0.05, 0.1) is 0 Å². The predicted molar refractivity (Wildman–Crippen MR) is 101 cm³/mol. The van der Waals surface area contributed by atoms with E-state index in [2.05, 4.69) is 29.1 Å². The maximum Gasteiger partial charge on any atom is 0.193 e. The highest BCUT2D eigenvalue weighted by atomic mass is 127. The van der Waals surface area contributed by atoms with E-state index in [1.165, 1.54) is 5.75 Å². The van der Waals surface area contributed by atoms with Crippen LogP contribution in [0.2, 0.25) is 0 Å². The molecule has 1 N–H and O–H groups in total. The normalized spacial score (nSPS) is 18.6. The topological polar surface area (TPSA) is 36.9 Å². The van der Waals surface area contributed by atoms with Crippen molar-refractivity contribution in [2.45, 2.75) is 38.4 Å². The predicted octanol–water partition coefficient (Wildman–Crippen LogP) is 2.82. The molecule has 1 heterocycles. The molecule has 20 heavy (non-hydrogen) atoms. The average Bonchev–Trinajstić information content (AvgIpc) is 2.37. The Balaban J connectivity index is 0.00000361. The van der Waals surface area contributed by atoms with E-state index in [4.69, 9.17) is 4.74 Å². The first-order valence-electron chi connectivity index (χ1n) is 7.26. The van der Waals surface area contributed by atoms with E-state index < -0.39 is 0 Å². The van der Waals surface area contributed by atoms with Gasteiger partial charge in [-0.3, -0.25) is 4.99 Å². The molecule has 0 aromatic rings. The van der Waals surface area contributed by atoms with E-state index in [0.717, 1.165) is 51.6 Å². The molecular weight excluding hydrogens is 385 g/mol. The Bertz CT molecular complexity index is 288. The van der Waals surface area contributed by atoms with E-state index in [9.17, 15) is 0 Å². The number of unbranched alkanes of at least 4 members (excludes halogenated alkanes) is 1. The fourth-order valence-corrected chi connectivity index (χ4v) is 3.31. The Kier molecular flexibility index (Phi) is 11.1. The molecule has 0 spiro atoms. The van der Waals surface area contributed by atoms with Crippen LogP contribution in [0.3, 0.4) is 0 Å². The summed E-state index contributed by atoms with van der Waals surface area (Å²) in [6.07, 6.45) is 2.24. The quantitative estimate of drug-likeness (QED) is 0.313. The number of aliphatic imine (C=N–C) groups is 1. The monoisotopic (exact) mass is 415 g/mol. The molecule has 4 nitrogen and oxygen atoms in total. The van der Waals surface area contributed by atoms with Crippen LogP contribution >= 0.6 is 35.7 Å². The molecule has 1 aliphatic rings. The SMILES string of the molecule is CCOCCCCNC(=NC)N1CCSC(C)(C)C1.I. The lowest BCUT2D eigenvalue weighted by molar-refractivity contribution is 0.143. The minimum Gasteiger partial charge on any atom is -0.382 e. The Morgan fingerprint density at radius 2 is 2.15 bits per heavy atom. The van der Waals surface area contributed by atoms with Crippen molar-refractivity contribution in [2.75, 3.05) is 45.6 Å². The Morgan fingerprint density at radius 3 is 2.75 bits per heavy atom. The Morgan fingerprint density at radius 1 is 1.40 bits per heavy atom. The van der Waals surface area contributed by atoms with Crippen molar-refractivity contribution in [3.05, 3.63) is 0 Å². The third-order valence-corrected chi connectivity index (χ3v) is 4.44. The zero-order chi connectivity index (χ0) is 14.1. The first-order chi connectivity index (χ1) is 9.09. The molecule has 0 bridgehead atoms. The minimum absolute atomic E-state index is 0. The van der Waals surface area contributed by atoms with Gasteiger partial charge in [-0.25, -0.2) is 0 Å². The number of halogens is 1. The van der Waals surface area contributed by atoms with Gasteiger partial charge >= 0.3 is 0 Å². The highest BCUT2D eigenvalue weighted by Crippen LogP contribution is 2.29. The average molecular weight is 415 g/mol. The summed E-state index contributed by atoms with van der Waals surface area (Å²) in [5, 5.41) is 3.46. The van der Waals surface area contributed by atoms with E-state index in [1.54, 1.807) is 0 Å². The van der Waals surface area contributed by atoms with Gasteiger partial charge in [0.15, 0.2) is 5.96 Å². The summed E-state index contributed by atoms with van der Waals surface area (Å²) in [5.41, 5.74) is 0. The summed E-state index contributed by atoms with van der Waals surface area (Å²) in [7, 11) is 1.87. The second-order valence-corrected chi connectivity index (χ2v) is 7.21. The third kappa shape index (κ3) is 7.93. The summed E-state index contributed by atoms with van der Waals surface area (Å²) in [6, 6.07) is 0. The summed E-state index contributed by atoms with van der Waals surface area (Å²) in [6.45, 7) is 11.5. The van der Waals surface area contributed by atoms with Crippen molar-refractivity contribution in [3.8, 4) is 0 Å². The van der Waals surface area contributed by atoms with Crippen molar-refractivity contribution in [1.82, 2.24) is 10.2 Å². The van der Waals surface area contributed by atoms with Crippen LogP contribution in [0.4, 0.5) is 0 Å². The van der Waals surface area contributed by atoms with Crippen LogP contribution in [0.25, 0.3) is 0 Å². The molecule has 0 aromatic carbocycles. The lowest BCUT2D eigenvalue weighted by atomic mass is 10.2. The second kappa shape index (κ2) is 11.0. The number of nitrogens with zero attached hydrogens (tertiary/aromatic N) is 2. The number of ether oxygens (including phenoxy) is 1. The highest BCUT2D eigenvalue weighted by molar-refractivity contribution is 14.0. The van der Waals surface area contributed by atoms with Gasteiger partial charge in [-0.2, -0.15) is 11.8 Å². The summed E-state index contributed by atoms with van der Waals surface area (Å²) < 4.78 is 5.66. The van der Waals surface area contributed by atoms with Crippen LogP contribution in [0.15, 0.2) is 4.99 Å². The molecule has 1 saturated heterocycles. The molecule has 120 valence electrons. The molecular formula is C14H30IN3OS. The third-order valence-electron chi connectivity index (χ3n) is 3.14. The lowest BCUT2D eigenvalue weighted by Gasteiger charge is -2.39. The summed E-state index contributed by atoms with van der Waals surface area (Å²) in [4.78, 5) is 6.78. The van der Waals surface area contributed by atoms with Gasteiger partial charge in [0, 0.05) is 50.4 Å². The number of hydrogen-bond donors (Lipinski definition) is 1. The van der Waals surface area contributed by atoms with Gasteiger partial charge < -0.3 is 15.0 Å². The van der Waals surface area contributed by atoms with Crippen molar-refractivity contribution in [3.63, 3.8) is 0 Å². The van der Waals surface area contributed by atoms with E-state index in [0.29, 0.717) is 4.75 Å². The van der Waals surface area contributed by atoms with E-state index >= 15 is 0 Å². The molecule has 0 aliphatic carbocycles. The Hall–Kier alpha value is 0.310. The molecule has 0 atom stereocenters. The number of rotatable bonds is 6. The maximum atomic E-state index is 5.34. The van der Waals surface area contributed by atoms with Crippen molar-refractivity contribution >= 4 is 41.7 Å². The first-order valence-corrected chi connectivity index (χ1v) is 8.25. The fraction of sp³-hybridized carbons (Fsp3) is 0.929. The lowest BCUT2D eigenvalue weighted by Crippen LogP contribution is -2.51. The first kappa shape index (κ1) is 20.3. The molecule has 0 amide bonds. The van der Waals surface area contributed by atoms with E-state index in [1.807, 2.05) is 25.7 Å². The molecule has 1 aliphatic heterocycles. The summed E-state index contributed by atoms with van der Waals surface area (Å²) >= 11 is 2.05. The van der Waals surface area contributed by atoms with E-state index in [-0.39, 0.29) is 24.0 Å². The van der Waals surface area contributed by atoms with Crippen LogP contribution in [-0.4, -0.2) is 61.3 Å². The number of hydrogen-bond acceptors (Lipinski definition) is 3. The largest absolute Gasteiger partial charge is 0.382 e. The van der Waals surface area contributed by atoms with Crippen LogP contribution in [0, 0.1) is 0 Å². The maximum absolute atomic E-state index is 5.34. The van der Waals surface area contributed by atoms with Crippen molar-refractivity contribution in [2.24, 2.45) is 4.99 Å². The minimum atomic E-state index is 0. The number of guanidine groups is 1. The van der Waals surface area contributed by atoms with Gasteiger partial charge in [0.2, 0.25) is 0 Å². The zero-order valence-corrected chi connectivity index (χ0v) is 16.4. The van der Waals surface area contributed by atoms with Gasteiger partial charge in [-0.15, -0.1) is 24.0 Å². The van der Waals surface area contributed by atoms with Crippen molar-refractivity contribution in [1.29, 1.82) is 0 Å². The van der Waals surface area contributed by atoms with Gasteiger partial charge in [-0.05, 0) is 33.6 Å². The highest BCUT2D eigenvalue weighted by Gasteiger charge is 2.28. The molecule has 0 aromatic heterocycles. The second-order valence-electron chi connectivity index (χ2n) is 5.41. The molecule has 1 fully saturated rings. The number of nitrogens with one attached hydrogen (secondary N) is 1. The molecule has 1 rings (SSSR count). The number of thioether (sulfide) groups is 1. The molecule has 0 saturated carbocycles. The van der Waals surface area contributed by atoms with Crippen molar-refractivity contribution < 1.29 is 4.74 Å². The van der Waals surface area contributed by atoms with Gasteiger partial charge in [0.1, 0.15) is 0 Å². The molecule has 0 unspecified atom stereocenters.